The fraction of sp³-hybridized carbons (Fsp3) is 0.889. The van der Waals surface area contributed by atoms with Crippen molar-refractivity contribution < 1.29 is 14.3 Å². The van der Waals surface area contributed by atoms with Crippen LogP contribution >= 0.6 is 0 Å². The van der Waals surface area contributed by atoms with Gasteiger partial charge in [-0.05, 0) is 20.8 Å². The molecule has 0 spiro atoms. The molecule has 0 heterocycles. The van der Waals surface area contributed by atoms with Gasteiger partial charge in [-0.15, -0.1) is 0 Å². The molecule has 0 aromatic heterocycles. The van der Waals surface area contributed by atoms with Crippen LogP contribution in [0.15, 0.2) is 0 Å². The van der Waals surface area contributed by atoms with Crippen LogP contribution in [-0.2, 0) is 14.3 Å². The van der Waals surface area contributed by atoms with Crippen molar-refractivity contribution in [2.24, 2.45) is 5.73 Å². The summed E-state index contributed by atoms with van der Waals surface area (Å²) in [5.41, 5.74) is 5.06. The maximum atomic E-state index is 10.9. The molecule has 0 radical (unpaired) electrons. The second-order valence-electron chi connectivity index (χ2n) is 3.67. The zero-order chi connectivity index (χ0) is 10.5. The third-order valence-electron chi connectivity index (χ3n) is 1.87. The fourth-order valence-corrected chi connectivity index (χ4v) is 0.631. The van der Waals surface area contributed by atoms with Gasteiger partial charge in [-0.3, -0.25) is 4.79 Å². The van der Waals surface area contributed by atoms with E-state index in [1.54, 1.807) is 14.0 Å². The van der Waals surface area contributed by atoms with Crippen LogP contribution in [0, 0.1) is 0 Å². The molecule has 0 aromatic rings. The number of esters is 1. The molecule has 13 heavy (non-hydrogen) atoms. The molecule has 0 aliphatic carbocycles. The molecule has 4 heteroatoms. The van der Waals surface area contributed by atoms with Crippen molar-refractivity contribution in [3.05, 3.63) is 0 Å². The average molecular weight is 189 g/mol. The number of nitrogens with two attached hydrogens (primary N) is 1. The molecule has 0 rings (SSSR count). The Morgan fingerprint density at radius 2 is 2.08 bits per heavy atom. The Balaban J connectivity index is 3.62. The van der Waals surface area contributed by atoms with Crippen molar-refractivity contribution in [2.75, 3.05) is 13.7 Å². The SMILES string of the molecule is COC(C)(C)CCOC(=O)C(C)N. The van der Waals surface area contributed by atoms with Crippen molar-refractivity contribution in [2.45, 2.75) is 38.8 Å². The standard InChI is InChI=1S/C9H19NO3/c1-7(10)8(11)13-6-5-9(2,3)12-4/h7H,5-6,10H2,1-4H3. The summed E-state index contributed by atoms with van der Waals surface area (Å²) in [7, 11) is 1.63. The molecular formula is C9H19NO3. The molecule has 0 aliphatic rings. The van der Waals surface area contributed by atoms with Crippen LogP contribution in [0.3, 0.4) is 0 Å². The van der Waals surface area contributed by atoms with E-state index in [1.165, 1.54) is 0 Å². The highest BCUT2D eigenvalue weighted by Gasteiger charge is 2.17. The number of hydrogen-bond acceptors (Lipinski definition) is 4. The molecular weight excluding hydrogens is 170 g/mol. The quantitative estimate of drug-likeness (QED) is 0.646. The highest BCUT2D eigenvalue weighted by atomic mass is 16.5. The minimum Gasteiger partial charge on any atom is -0.464 e. The second-order valence-corrected chi connectivity index (χ2v) is 3.67. The van der Waals surface area contributed by atoms with E-state index in [9.17, 15) is 4.79 Å². The lowest BCUT2D eigenvalue weighted by Gasteiger charge is -2.22. The number of rotatable bonds is 5. The summed E-state index contributed by atoms with van der Waals surface area (Å²) in [5, 5.41) is 0. The van der Waals surface area contributed by atoms with Gasteiger partial charge in [0.1, 0.15) is 6.04 Å². The first-order chi connectivity index (χ1) is 5.89. The van der Waals surface area contributed by atoms with Gasteiger partial charge in [0.2, 0.25) is 0 Å². The van der Waals surface area contributed by atoms with Crippen molar-refractivity contribution in [1.82, 2.24) is 0 Å². The lowest BCUT2D eigenvalue weighted by molar-refractivity contribution is -0.146. The van der Waals surface area contributed by atoms with Crippen LogP contribution in [0.25, 0.3) is 0 Å². The first-order valence-electron chi connectivity index (χ1n) is 4.36. The van der Waals surface area contributed by atoms with Gasteiger partial charge in [-0.2, -0.15) is 0 Å². The maximum absolute atomic E-state index is 10.9. The first-order valence-corrected chi connectivity index (χ1v) is 4.36. The molecule has 0 saturated heterocycles. The molecule has 78 valence electrons. The van der Waals surface area contributed by atoms with Crippen LogP contribution < -0.4 is 5.73 Å². The Morgan fingerprint density at radius 1 is 1.54 bits per heavy atom. The predicted octanol–water partition coefficient (Wildman–Crippen LogP) is 0.692. The third kappa shape index (κ3) is 5.60. The van der Waals surface area contributed by atoms with Gasteiger partial charge >= 0.3 is 5.97 Å². The molecule has 1 unspecified atom stereocenters. The number of methoxy groups -OCH3 is 1. The number of hydrogen-bond donors (Lipinski definition) is 1. The molecule has 0 fully saturated rings. The molecule has 0 saturated carbocycles. The minimum absolute atomic E-state index is 0.252. The number of carbonyl (C=O) groups is 1. The van der Waals surface area contributed by atoms with Crippen molar-refractivity contribution in [3.8, 4) is 0 Å². The summed E-state index contributed by atoms with van der Waals surface area (Å²) in [6.45, 7) is 5.82. The third-order valence-corrected chi connectivity index (χ3v) is 1.87. The van der Waals surface area contributed by atoms with E-state index in [0.29, 0.717) is 13.0 Å². The zero-order valence-corrected chi connectivity index (χ0v) is 8.79. The first kappa shape index (κ1) is 12.4. The highest BCUT2D eigenvalue weighted by molar-refractivity contribution is 5.74. The molecule has 1 atom stereocenters. The second kappa shape index (κ2) is 5.19. The van der Waals surface area contributed by atoms with Gasteiger partial charge in [-0.25, -0.2) is 0 Å². The van der Waals surface area contributed by atoms with Crippen LogP contribution in [0.4, 0.5) is 0 Å². The largest absolute Gasteiger partial charge is 0.464 e. The number of ether oxygens (including phenoxy) is 2. The van der Waals surface area contributed by atoms with E-state index in [0.717, 1.165) is 0 Å². The maximum Gasteiger partial charge on any atom is 0.322 e. The van der Waals surface area contributed by atoms with E-state index >= 15 is 0 Å². The minimum atomic E-state index is -0.550. The Kier molecular flexibility index (Phi) is 4.95. The van der Waals surface area contributed by atoms with Gasteiger partial charge in [0.15, 0.2) is 0 Å². The molecule has 0 aliphatic heterocycles. The van der Waals surface area contributed by atoms with E-state index in [2.05, 4.69) is 0 Å². The lowest BCUT2D eigenvalue weighted by Crippen LogP contribution is -2.31. The Hall–Kier alpha value is -0.610. The Bertz CT molecular complexity index is 166. The van der Waals surface area contributed by atoms with Crippen molar-refractivity contribution in [1.29, 1.82) is 0 Å². The Morgan fingerprint density at radius 3 is 2.46 bits per heavy atom. The van der Waals surface area contributed by atoms with Crippen LogP contribution in [0.5, 0.6) is 0 Å². The monoisotopic (exact) mass is 189 g/mol. The topological polar surface area (TPSA) is 61.5 Å². The van der Waals surface area contributed by atoms with Gasteiger partial charge < -0.3 is 15.2 Å². The molecule has 0 aromatic carbocycles. The summed E-state index contributed by atoms with van der Waals surface area (Å²) >= 11 is 0. The number of carbonyl (C=O) groups excluding carboxylic acids is 1. The van der Waals surface area contributed by atoms with E-state index in [-0.39, 0.29) is 11.6 Å². The molecule has 0 bridgehead atoms. The van der Waals surface area contributed by atoms with E-state index in [1.807, 2.05) is 13.8 Å². The summed E-state index contributed by atoms with van der Waals surface area (Å²) < 4.78 is 10.1. The summed E-state index contributed by atoms with van der Waals surface area (Å²) in [5.74, 6) is -0.369. The normalized spacial score (nSPS) is 13.9. The summed E-state index contributed by atoms with van der Waals surface area (Å²) in [6.07, 6.45) is 0.669. The van der Waals surface area contributed by atoms with Gasteiger partial charge in [0, 0.05) is 13.5 Å². The van der Waals surface area contributed by atoms with Crippen LogP contribution in [-0.4, -0.2) is 31.3 Å². The molecule has 0 amide bonds. The smallest absolute Gasteiger partial charge is 0.322 e. The van der Waals surface area contributed by atoms with Crippen LogP contribution in [0.2, 0.25) is 0 Å². The lowest BCUT2D eigenvalue weighted by atomic mass is 10.1. The predicted molar refractivity (Wildman–Crippen MR) is 50.3 cm³/mol. The van der Waals surface area contributed by atoms with Gasteiger partial charge in [0.05, 0.1) is 12.2 Å². The zero-order valence-electron chi connectivity index (χ0n) is 8.79. The molecule has 2 N–H and O–H groups in total. The van der Waals surface area contributed by atoms with Gasteiger partial charge in [-0.1, -0.05) is 0 Å². The van der Waals surface area contributed by atoms with E-state index in [4.69, 9.17) is 15.2 Å². The average Bonchev–Trinajstić information content (AvgIpc) is 2.04. The summed E-state index contributed by atoms with van der Waals surface area (Å²) in [6, 6.07) is -0.550. The highest BCUT2D eigenvalue weighted by Crippen LogP contribution is 2.12. The van der Waals surface area contributed by atoms with E-state index < -0.39 is 6.04 Å². The van der Waals surface area contributed by atoms with Gasteiger partial charge in [0.25, 0.3) is 0 Å². The Labute approximate surface area is 79.4 Å². The van der Waals surface area contributed by atoms with Crippen molar-refractivity contribution >= 4 is 5.97 Å². The van der Waals surface area contributed by atoms with Crippen molar-refractivity contribution in [3.63, 3.8) is 0 Å². The molecule has 4 nitrogen and oxygen atoms in total. The summed E-state index contributed by atoms with van der Waals surface area (Å²) in [4.78, 5) is 10.9. The van der Waals surface area contributed by atoms with Crippen LogP contribution in [0.1, 0.15) is 27.2 Å². The fourth-order valence-electron chi connectivity index (χ4n) is 0.631.